The van der Waals surface area contributed by atoms with E-state index in [1.54, 1.807) is 29.4 Å². The van der Waals surface area contributed by atoms with Crippen molar-refractivity contribution in [3.63, 3.8) is 0 Å². The second kappa shape index (κ2) is 5.11. The van der Waals surface area contributed by atoms with Crippen LogP contribution in [0.5, 0.6) is 0 Å². The maximum absolute atomic E-state index is 12.8. The fourth-order valence-electron chi connectivity index (χ4n) is 2.62. The molecule has 0 bridgehead atoms. The highest BCUT2D eigenvalue weighted by Crippen LogP contribution is 2.28. The SMILES string of the molecule is Cc1cccc(N)c1S(=O)(=O)N1CCN(C)CC1C. The number of hydrogen-bond acceptors (Lipinski definition) is 4. The van der Waals surface area contributed by atoms with E-state index < -0.39 is 10.0 Å². The summed E-state index contributed by atoms with van der Waals surface area (Å²) in [6.07, 6.45) is 0. The maximum atomic E-state index is 12.8. The summed E-state index contributed by atoms with van der Waals surface area (Å²) in [6.45, 7) is 5.71. The van der Waals surface area contributed by atoms with Crippen LogP contribution in [0, 0.1) is 6.92 Å². The summed E-state index contributed by atoms with van der Waals surface area (Å²) in [5.74, 6) is 0. The molecule has 19 heavy (non-hydrogen) atoms. The smallest absolute Gasteiger partial charge is 0.245 e. The number of aryl methyl sites for hydroxylation is 1. The van der Waals surface area contributed by atoms with Gasteiger partial charge in [-0.05, 0) is 32.5 Å². The van der Waals surface area contributed by atoms with Crippen LogP contribution in [0.4, 0.5) is 5.69 Å². The molecule has 6 heteroatoms. The zero-order valence-electron chi connectivity index (χ0n) is 11.6. The number of benzene rings is 1. The van der Waals surface area contributed by atoms with Gasteiger partial charge in [-0.1, -0.05) is 12.1 Å². The zero-order valence-corrected chi connectivity index (χ0v) is 12.4. The summed E-state index contributed by atoms with van der Waals surface area (Å²) in [6, 6.07) is 5.16. The molecule has 1 heterocycles. The van der Waals surface area contributed by atoms with Gasteiger partial charge in [0, 0.05) is 25.7 Å². The summed E-state index contributed by atoms with van der Waals surface area (Å²) in [5, 5.41) is 0. The fraction of sp³-hybridized carbons (Fsp3) is 0.538. The molecule has 0 amide bonds. The van der Waals surface area contributed by atoms with Crippen LogP contribution in [-0.2, 0) is 10.0 Å². The number of hydrogen-bond donors (Lipinski definition) is 1. The van der Waals surface area contributed by atoms with E-state index in [9.17, 15) is 8.42 Å². The molecule has 1 unspecified atom stereocenters. The van der Waals surface area contributed by atoms with Crippen molar-refractivity contribution < 1.29 is 8.42 Å². The van der Waals surface area contributed by atoms with E-state index in [-0.39, 0.29) is 10.9 Å². The molecular weight excluding hydrogens is 262 g/mol. The molecule has 2 rings (SSSR count). The van der Waals surface area contributed by atoms with E-state index >= 15 is 0 Å². The first-order valence-electron chi connectivity index (χ1n) is 6.39. The third kappa shape index (κ3) is 2.61. The Balaban J connectivity index is 2.43. The average Bonchev–Trinajstić information content (AvgIpc) is 2.27. The highest BCUT2D eigenvalue weighted by Gasteiger charge is 2.34. The van der Waals surface area contributed by atoms with Crippen molar-refractivity contribution >= 4 is 15.7 Å². The van der Waals surface area contributed by atoms with Crippen molar-refractivity contribution in [1.82, 2.24) is 9.21 Å². The fourth-order valence-corrected chi connectivity index (χ4v) is 4.56. The highest BCUT2D eigenvalue weighted by atomic mass is 32.2. The minimum atomic E-state index is -3.51. The van der Waals surface area contributed by atoms with Crippen molar-refractivity contribution in [3.05, 3.63) is 23.8 Å². The Hall–Kier alpha value is -1.11. The van der Waals surface area contributed by atoms with Gasteiger partial charge in [0.05, 0.1) is 5.69 Å². The van der Waals surface area contributed by atoms with Crippen LogP contribution >= 0.6 is 0 Å². The van der Waals surface area contributed by atoms with Gasteiger partial charge in [0.15, 0.2) is 0 Å². The van der Waals surface area contributed by atoms with Crippen LogP contribution in [0.3, 0.4) is 0 Å². The molecule has 1 atom stereocenters. The molecule has 0 spiro atoms. The van der Waals surface area contributed by atoms with Gasteiger partial charge >= 0.3 is 0 Å². The molecule has 0 radical (unpaired) electrons. The zero-order chi connectivity index (χ0) is 14.2. The summed E-state index contributed by atoms with van der Waals surface area (Å²) in [7, 11) is -1.51. The van der Waals surface area contributed by atoms with E-state index in [0.29, 0.717) is 17.8 Å². The molecule has 0 aliphatic carbocycles. The third-order valence-corrected chi connectivity index (χ3v) is 5.81. The Morgan fingerprint density at radius 3 is 2.58 bits per heavy atom. The molecule has 5 nitrogen and oxygen atoms in total. The van der Waals surface area contributed by atoms with Gasteiger partial charge < -0.3 is 10.6 Å². The monoisotopic (exact) mass is 283 g/mol. The normalized spacial score (nSPS) is 22.6. The maximum Gasteiger partial charge on any atom is 0.245 e. The highest BCUT2D eigenvalue weighted by molar-refractivity contribution is 7.89. The Bertz CT molecular complexity index is 551. The molecule has 1 aromatic rings. The largest absolute Gasteiger partial charge is 0.398 e. The number of piperazine rings is 1. The molecule has 1 aromatic carbocycles. The Morgan fingerprint density at radius 2 is 2.00 bits per heavy atom. The standard InChI is InChI=1S/C13H21N3O2S/c1-10-5-4-6-12(14)13(10)19(17,18)16-8-7-15(3)9-11(16)2/h4-6,11H,7-9,14H2,1-3H3. The minimum absolute atomic E-state index is 0.0391. The molecule has 0 saturated carbocycles. The minimum Gasteiger partial charge on any atom is -0.398 e. The van der Waals surface area contributed by atoms with Crippen LogP contribution in [0.15, 0.2) is 23.1 Å². The molecule has 1 fully saturated rings. The van der Waals surface area contributed by atoms with E-state index in [0.717, 1.165) is 13.1 Å². The van der Waals surface area contributed by atoms with Crippen molar-refractivity contribution in [3.8, 4) is 0 Å². The topological polar surface area (TPSA) is 66.6 Å². The molecule has 0 aromatic heterocycles. The molecule has 1 saturated heterocycles. The number of nitrogens with zero attached hydrogens (tertiary/aromatic N) is 2. The number of sulfonamides is 1. The predicted octanol–water partition coefficient (Wildman–Crippen LogP) is 0.902. The summed E-state index contributed by atoms with van der Waals surface area (Å²) >= 11 is 0. The van der Waals surface area contributed by atoms with Gasteiger partial charge in [0.25, 0.3) is 0 Å². The first-order chi connectivity index (χ1) is 8.84. The quantitative estimate of drug-likeness (QED) is 0.819. The van der Waals surface area contributed by atoms with Crippen molar-refractivity contribution in [2.24, 2.45) is 0 Å². The van der Waals surface area contributed by atoms with Gasteiger partial charge in [-0.3, -0.25) is 0 Å². The van der Waals surface area contributed by atoms with Crippen LogP contribution < -0.4 is 5.73 Å². The summed E-state index contributed by atoms with van der Waals surface area (Å²) in [4.78, 5) is 2.39. The van der Waals surface area contributed by atoms with Crippen molar-refractivity contribution in [2.45, 2.75) is 24.8 Å². The number of anilines is 1. The van der Waals surface area contributed by atoms with Crippen LogP contribution in [0.2, 0.25) is 0 Å². The van der Waals surface area contributed by atoms with Crippen molar-refractivity contribution in [2.75, 3.05) is 32.4 Å². The van der Waals surface area contributed by atoms with Gasteiger partial charge in [-0.2, -0.15) is 4.31 Å². The van der Waals surface area contributed by atoms with Gasteiger partial charge in [0.1, 0.15) is 4.90 Å². The number of nitrogens with two attached hydrogens (primary N) is 1. The Morgan fingerprint density at radius 1 is 1.32 bits per heavy atom. The molecule has 1 aliphatic rings. The lowest BCUT2D eigenvalue weighted by Gasteiger charge is -2.37. The third-order valence-electron chi connectivity index (χ3n) is 3.58. The molecule has 106 valence electrons. The first kappa shape index (κ1) is 14.3. The Kier molecular flexibility index (Phi) is 3.85. The predicted molar refractivity (Wildman–Crippen MR) is 76.4 cm³/mol. The second-order valence-electron chi connectivity index (χ2n) is 5.22. The lowest BCUT2D eigenvalue weighted by molar-refractivity contribution is 0.170. The summed E-state index contributed by atoms with van der Waals surface area (Å²) < 4.78 is 27.1. The number of likely N-dealkylation sites (N-methyl/N-ethyl adjacent to an activating group) is 1. The average molecular weight is 283 g/mol. The van der Waals surface area contributed by atoms with Crippen LogP contribution in [0.25, 0.3) is 0 Å². The molecular formula is C13H21N3O2S. The van der Waals surface area contributed by atoms with E-state index in [4.69, 9.17) is 5.73 Å². The molecule has 1 aliphatic heterocycles. The van der Waals surface area contributed by atoms with Crippen LogP contribution in [-0.4, -0.2) is 50.3 Å². The van der Waals surface area contributed by atoms with Crippen molar-refractivity contribution in [1.29, 1.82) is 0 Å². The van der Waals surface area contributed by atoms with E-state index in [2.05, 4.69) is 4.90 Å². The molecule has 2 N–H and O–H groups in total. The van der Waals surface area contributed by atoms with Gasteiger partial charge in [0.2, 0.25) is 10.0 Å². The lowest BCUT2D eigenvalue weighted by Crippen LogP contribution is -2.52. The summed E-state index contributed by atoms with van der Waals surface area (Å²) in [5.41, 5.74) is 6.90. The number of rotatable bonds is 2. The Labute approximate surface area is 115 Å². The van der Waals surface area contributed by atoms with Gasteiger partial charge in [-0.15, -0.1) is 0 Å². The van der Waals surface area contributed by atoms with E-state index in [1.165, 1.54) is 0 Å². The van der Waals surface area contributed by atoms with Crippen LogP contribution in [0.1, 0.15) is 12.5 Å². The lowest BCUT2D eigenvalue weighted by atomic mass is 10.2. The van der Waals surface area contributed by atoms with E-state index in [1.807, 2.05) is 14.0 Å². The number of nitrogen functional groups attached to an aromatic ring is 1. The second-order valence-corrected chi connectivity index (χ2v) is 7.05. The first-order valence-corrected chi connectivity index (χ1v) is 7.83. The van der Waals surface area contributed by atoms with Gasteiger partial charge in [-0.25, -0.2) is 8.42 Å².